The van der Waals surface area contributed by atoms with Crippen molar-refractivity contribution >= 4 is 22.8 Å². The molecule has 0 saturated carbocycles. The molecular weight excluding hydrogens is 232 g/mol. The highest BCUT2D eigenvalue weighted by atomic mass is 16.4. The number of rotatable bonds is 4. The first-order valence-electron chi connectivity index (χ1n) is 5.63. The van der Waals surface area contributed by atoms with Gasteiger partial charge in [0.25, 0.3) is 5.91 Å². The van der Waals surface area contributed by atoms with Gasteiger partial charge in [0, 0.05) is 36.3 Å². The number of hydrogen-bond acceptors (Lipinski definition) is 2. The van der Waals surface area contributed by atoms with Crippen molar-refractivity contribution in [3.8, 4) is 0 Å². The Morgan fingerprint density at radius 3 is 2.83 bits per heavy atom. The zero-order valence-corrected chi connectivity index (χ0v) is 10.0. The molecule has 0 atom stereocenters. The fourth-order valence-corrected chi connectivity index (χ4v) is 1.84. The van der Waals surface area contributed by atoms with Crippen LogP contribution in [0.5, 0.6) is 0 Å². The fourth-order valence-electron chi connectivity index (χ4n) is 1.84. The summed E-state index contributed by atoms with van der Waals surface area (Å²) in [5.74, 6) is -1.07. The van der Waals surface area contributed by atoms with E-state index in [9.17, 15) is 9.59 Å². The number of aromatic nitrogens is 1. The number of aliphatic carboxylic acids is 1. The summed E-state index contributed by atoms with van der Waals surface area (Å²) in [6.45, 7) is 0.203. The van der Waals surface area contributed by atoms with E-state index in [-0.39, 0.29) is 18.9 Å². The number of H-pyrrole nitrogens is 1. The smallest absolute Gasteiger partial charge is 0.305 e. The summed E-state index contributed by atoms with van der Waals surface area (Å²) in [5.41, 5.74) is 1.48. The lowest BCUT2D eigenvalue weighted by molar-refractivity contribution is -0.137. The lowest BCUT2D eigenvalue weighted by Gasteiger charge is -2.16. The van der Waals surface area contributed by atoms with Gasteiger partial charge in [0.1, 0.15) is 0 Å². The normalized spacial score (nSPS) is 10.5. The van der Waals surface area contributed by atoms with Crippen LogP contribution in [0, 0.1) is 0 Å². The number of carboxylic acids is 1. The third-order valence-corrected chi connectivity index (χ3v) is 2.83. The molecule has 0 saturated heterocycles. The second kappa shape index (κ2) is 4.91. The fraction of sp³-hybridized carbons (Fsp3) is 0.231. The van der Waals surface area contributed by atoms with Gasteiger partial charge in [0.05, 0.1) is 6.42 Å². The van der Waals surface area contributed by atoms with E-state index in [1.165, 1.54) is 4.90 Å². The van der Waals surface area contributed by atoms with Crippen LogP contribution in [-0.2, 0) is 4.79 Å². The Morgan fingerprint density at radius 2 is 2.11 bits per heavy atom. The second-order valence-electron chi connectivity index (χ2n) is 4.11. The molecule has 2 N–H and O–H groups in total. The molecule has 1 heterocycles. The monoisotopic (exact) mass is 246 g/mol. The third kappa shape index (κ3) is 2.34. The van der Waals surface area contributed by atoms with Crippen LogP contribution < -0.4 is 0 Å². The zero-order chi connectivity index (χ0) is 13.1. The van der Waals surface area contributed by atoms with Gasteiger partial charge in [-0.15, -0.1) is 0 Å². The van der Waals surface area contributed by atoms with Gasteiger partial charge in [-0.25, -0.2) is 0 Å². The number of hydrogen-bond donors (Lipinski definition) is 2. The van der Waals surface area contributed by atoms with Crippen molar-refractivity contribution < 1.29 is 14.7 Å². The predicted molar refractivity (Wildman–Crippen MR) is 67.5 cm³/mol. The maximum atomic E-state index is 12.2. The quantitative estimate of drug-likeness (QED) is 0.862. The van der Waals surface area contributed by atoms with Gasteiger partial charge < -0.3 is 15.0 Å². The number of carboxylic acid groups (broad SMARTS) is 1. The van der Waals surface area contributed by atoms with Crippen LogP contribution >= 0.6 is 0 Å². The topological polar surface area (TPSA) is 73.4 Å². The summed E-state index contributed by atoms with van der Waals surface area (Å²) in [4.78, 5) is 27.1. The lowest BCUT2D eigenvalue weighted by Crippen LogP contribution is -2.29. The van der Waals surface area contributed by atoms with E-state index in [0.29, 0.717) is 5.56 Å². The number of benzene rings is 1. The molecule has 0 fully saturated rings. The average molecular weight is 246 g/mol. The van der Waals surface area contributed by atoms with Crippen molar-refractivity contribution in [1.29, 1.82) is 0 Å². The van der Waals surface area contributed by atoms with Crippen LogP contribution in [0.15, 0.2) is 30.5 Å². The molecule has 0 aliphatic rings. The number of fused-ring (bicyclic) bond motifs is 1. The van der Waals surface area contributed by atoms with Crippen LogP contribution in [-0.4, -0.2) is 40.5 Å². The minimum absolute atomic E-state index is 0.0502. The predicted octanol–water partition coefficient (Wildman–Crippen LogP) is 1.71. The molecule has 1 aromatic heterocycles. The second-order valence-corrected chi connectivity index (χ2v) is 4.11. The Balaban J connectivity index is 2.22. The van der Waals surface area contributed by atoms with Gasteiger partial charge in [-0.1, -0.05) is 6.07 Å². The van der Waals surface area contributed by atoms with Crippen LogP contribution in [0.1, 0.15) is 16.8 Å². The average Bonchev–Trinajstić information content (AvgIpc) is 2.82. The van der Waals surface area contributed by atoms with Gasteiger partial charge in [-0.2, -0.15) is 0 Å². The molecule has 94 valence electrons. The maximum absolute atomic E-state index is 12.2. The number of carbonyl (C=O) groups excluding carboxylic acids is 1. The SMILES string of the molecule is CN(CCC(=O)O)C(=O)c1cccc2[nH]ccc12. The minimum Gasteiger partial charge on any atom is -0.481 e. The third-order valence-electron chi connectivity index (χ3n) is 2.83. The summed E-state index contributed by atoms with van der Waals surface area (Å²) in [6.07, 6.45) is 1.73. The zero-order valence-electron chi connectivity index (χ0n) is 10.0. The van der Waals surface area contributed by atoms with E-state index in [1.54, 1.807) is 25.4 Å². The molecule has 2 rings (SSSR count). The molecule has 5 heteroatoms. The van der Waals surface area contributed by atoms with Gasteiger partial charge in [-0.05, 0) is 18.2 Å². The summed E-state index contributed by atoms with van der Waals surface area (Å²) in [7, 11) is 1.61. The van der Waals surface area contributed by atoms with Crippen molar-refractivity contribution in [1.82, 2.24) is 9.88 Å². The van der Waals surface area contributed by atoms with E-state index in [4.69, 9.17) is 5.11 Å². The number of aromatic amines is 1. The van der Waals surface area contributed by atoms with Gasteiger partial charge in [0.15, 0.2) is 0 Å². The largest absolute Gasteiger partial charge is 0.481 e. The Hall–Kier alpha value is -2.30. The van der Waals surface area contributed by atoms with Crippen LogP contribution in [0.25, 0.3) is 10.9 Å². The van der Waals surface area contributed by atoms with E-state index in [0.717, 1.165) is 10.9 Å². The highest BCUT2D eigenvalue weighted by Crippen LogP contribution is 2.18. The Kier molecular flexibility index (Phi) is 3.32. The Labute approximate surface area is 104 Å². The Morgan fingerprint density at radius 1 is 1.33 bits per heavy atom. The van der Waals surface area contributed by atoms with Crippen molar-refractivity contribution in [2.75, 3.05) is 13.6 Å². The Bertz CT molecular complexity index is 589. The summed E-state index contributed by atoms with van der Waals surface area (Å²) < 4.78 is 0. The molecular formula is C13H14N2O3. The molecule has 1 aromatic carbocycles. The van der Waals surface area contributed by atoms with E-state index >= 15 is 0 Å². The number of nitrogens with one attached hydrogen (secondary N) is 1. The molecule has 0 aliphatic carbocycles. The molecule has 0 radical (unpaired) electrons. The van der Waals surface area contributed by atoms with Gasteiger partial charge in [0.2, 0.25) is 0 Å². The van der Waals surface area contributed by atoms with E-state index in [2.05, 4.69) is 4.98 Å². The standard InChI is InChI=1S/C13H14N2O3/c1-15(8-6-12(16)17)13(18)10-3-2-4-11-9(10)5-7-14-11/h2-5,7,14H,6,8H2,1H3,(H,16,17). The van der Waals surface area contributed by atoms with Crippen molar-refractivity contribution in [3.05, 3.63) is 36.0 Å². The number of carbonyl (C=O) groups is 2. The highest BCUT2D eigenvalue weighted by Gasteiger charge is 2.15. The molecule has 0 aliphatic heterocycles. The number of nitrogens with zero attached hydrogens (tertiary/aromatic N) is 1. The minimum atomic E-state index is -0.908. The molecule has 18 heavy (non-hydrogen) atoms. The lowest BCUT2D eigenvalue weighted by atomic mass is 10.1. The molecule has 0 spiro atoms. The van der Waals surface area contributed by atoms with Gasteiger partial charge in [-0.3, -0.25) is 9.59 Å². The summed E-state index contributed by atoms with van der Waals surface area (Å²) in [5, 5.41) is 9.46. The first-order chi connectivity index (χ1) is 8.59. The molecule has 2 aromatic rings. The molecule has 0 bridgehead atoms. The van der Waals surface area contributed by atoms with Crippen LogP contribution in [0.4, 0.5) is 0 Å². The highest BCUT2D eigenvalue weighted by molar-refractivity contribution is 6.06. The van der Waals surface area contributed by atoms with Crippen LogP contribution in [0.2, 0.25) is 0 Å². The van der Waals surface area contributed by atoms with Crippen molar-refractivity contribution in [3.63, 3.8) is 0 Å². The first-order valence-corrected chi connectivity index (χ1v) is 5.63. The first kappa shape index (κ1) is 12.2. The van der Waals surface area contributed by atoms with Crippen molar-refractivity contribution in [2.24, 2.45) is 0 Å². The number of amides is 1. The summed E-state index contributed by atoms with van der Waals surface area (Å²) >= 11 is 0. The summed E-state index contributed by atoms with van der Waals surface area (Å²) in [6, 6.07) is 7.28. The van der Waals surface area contributed by atoms with E-state index < -0.39 is 5.97 Å². The molecule has 1 amide bonds. The molecule has 0 unspecified atom stereocenters. The van der Waals surface area contributed by atoms with Crippen molar-refractivity contribution in [2.45, 2.75) is 6.42 Å². The van der Waals surface area contributed by atoms with E-state index in [1.807, 2.05) is 12.1 Å². The molecule has 5 nitrogen and oxygen atoms in total. The maximum Gasteiger partial charge on any atom is 0.305 e. The van der Waals surface area contributed by atoms with Gasteiger partial charge >= 0.3 is 5.97 Å². The van der Waals surface area contributed by atoms with Crippen LogP contribution in [0.3, 0.4) is 0 Å².